The number of methoxy groups -OCH3 is 1. The number of non-ortho nitro benzene ring substituents is 1. The van der Waals surface area contributed by atoms with Gasteiger partial charge in [0.15, 0.2) is 5.82 Å². The summed E-state index contributed by atoms with van der Waals surface area (Å²) in [5, 5.41) is 19.2. The molecule has 4 rings (SSSR count). The number of halogens is 1. The first kappa shape index (κ1) is 17.7. The Morgan fingerprint density at radius 2 is 1.86 bits per heavy atom. The molecule has 28 heavy (non-hydrogen) atoms. The van der Waals surface area contributed by atoms with Crippen LogP contribution in [0.5, 0.6) is 5.75 Å². The number of benzene rings is 2. The Balaban J connectivity index is 1.81. The van der Waals surface area contributed by atoms with E-state index in [0.29, 0.717) is 27.8 Å². The smallest absolute Gasteiger partial charge is 0.300 e. The van der Waals surface area contributed by atoms with Crippen molar-refractivity contribution in [1.29, 1.82) is 0 Å². The summed E-state index contributed by atoms with van der Waals surface area (Å²) in [6.45, 7) is 0. The SMILES string of the molecule is COc1ccc(-n2ccn3c(-c4ccc([N+](=O)[O-])cc4)nnc3c2=O)cc1Cl. The van der Waals surface area contributed by atoms with E-state index in [9.17, 15) is 14.9 Å². The van der Waals surface area contributed by atoms with Crippen molar-refractivity contribution in [1.82, 2.24) is 19.2 Å². The van der Waals surface area contributed by atoms with Crippen molar-refractivity contribution in [2.75, 3.05) is 7.11 Å². The molecule has 0 N–H and O–H groups in total. The van der Waals surface area contributed by atoms with Gasteiger partial charge < -0.3 is 4.74 Å². The van der Waals surface area contributed by atoms with E-state index in [-0.39, 0.29) is 16.9 Å². The third-order valence-electron chi connectivity index (χ3n) is 4.22. The molecule has 0 unspecified atom stereocenters. The number of fused-ring (bicyclic) bond motifs is 1. The largest absolute Gasteiger partial charge is 0.495 e. The second-order valence-electron chi connectivity index (χ2n) is 5.81. The first-order valence-corrected chi connectivity index (χ1v) is 8.42. The Bertz CT molecular complexity index is 1260. The van der Waals surface area contributed by atoms with Crippen LogP contribution in [0.3, 0.4) is 0 Å². The minimum absolute atomic E-state index is 0.0312. The first-order valence-electron chi connectivity index (χ1n) is 8.05. The predicted octanol–water partition coefficient (Wildman–Crippen LogP) is 3.12. The Labute approximate surface area is 162 Å². The highest BCUT2D eigenvalue weighted by Crippen LogP contribution is 2.26. The summed E-state index contributed by atoms with van der Waals surface area (Å²) in [4.78, 5) is 23.2. The summed E-state index contributed by atoms with van der Waals surface area (Å²) in [6, 6.07) is 10.9. The first-order chi connectivity index (χ1) is 13.5. The van der Waals surface area contributed by atoms with E-state index in [1.807, 2.05) is 0 Å². The molecule has 0 saturated carbocycles. The maximum absolute atomic E-state index is 12.9. The van der Waals surface area contributed by atoms with Gasteiger partial charge in [-0.15, -0.1) is 10.2 Å². The van der Waals surface area contributed by atoms with Crippen molar-refractivity contribution in [3.05, 3.63) is 80.3 Å². The van der Waals surface area contributed by atoms with Gasteiger partial charge in [-0.1, -0.05) is 11.6 Å². The summed E-state index contributed by atoms with van der Waals surface area (Å²) >= 11 is 6.15. The topological polar surface area (TPSA) is 105 Å². The molecule has 0 fully saturated rings. The number of rotatable bonds is 4. The summed E-state index contributed by atoms with van der Waals surface area (Å²) < 4.78 is 8.05. The molecule has 0 amide bonds. The molecule has 0 aliphatic heterocycles. The van der Waals surface area contributed by atoms with Crippen LogP contribution in [0.15, 0.2) is 59.7 Å². The number of ether oxygens (including phenoxy) is 1. The predicted molar refractivity (Wildman–Crippen MR) is 102 cm³/mol. The second kappa shape index (κ2) is 6.78. The molecule has 4 aromatic rings. The standard InChI is InChI=1S/C18H12ClN5O4/c1-28-15-7-6-13(10-14(15)19)22-8-9-23-16(20-21-17(23)18(22)25)11-2-4-12(5-3-11)24(26)27/h2-10H,1H3. The molecule has 0 saturated heterocycles. The van der Waals surface area contributed by atoms with Gasteiger partial charge in [-0.2, -0.15) is 0 Å². The Hall–Kier alpha value is -3.72. The average molecular weight is 398 g/mol. The van der Waals surface area contributed by atoms with E-state index in [1.54, 1.807) is 42.7 Å². The minimum Gasteiger partial charge on any atom is -0.495 e. The van der Waals surface area contributed by atoms with Crippen molar-refractivity contribution in [2.45, 2.75) is 0 Å². The van der Waals surface area contributed by atoms with Gasteiger partial charge in [0.05, 0.1) is 22.7 Å². The lowest BCUT2D eigenvalue weighted by molar-refractivity contribution is -0.384. The molecule has 0 aliphatic carbocycles. The van der Waals surface area contributed by atoms with Crippen LogP contribution in [0.25, 0.3) is 22.7 Å². The molecule has 10 heteroatoms. The van der Waals surface area contributed by atoms with E-state index in [2.05, 4.69) is 10.2 Å². The van der Waals surface area contributed by atoms with Crippen molar-refractivity contribution in [3.63, 3.8) is 0 Å². The van der Waals surface area contributed by atoms with Crippen LogP contribution in [-0.4, -0.2) is 31.2 Å². The van der Waals surface area contributed by atoms with Crippen LogP contribution >= 0.6 is 11.6 Å². The highest BCUT2D eigenvalue weighted by molar-refractivity contribution is 6.32. The monoisotopic (exact) mass is 397 g/mol. The number of hydrogen-bond donors (Lipinski definition) is 0. The van der Waals surface area contributed by atoms with E-state index in [4.69, 9.17) is 16.3 Å². The average Bonchev–Trinajstić information content (AvgIpc) is 3.13. The zero-order chi connectivity index (χ0) is 19.8. The molecule has 0 radical (unpaired) electrons. The third-order valence-corrected chi connectivity index (χ3v) is 4.52. The minimum atomic E-state index is -0.482. The third kappa shape index (κ3) is 2.87. The fourth-order valence-corrected chi connectivity index (χ4v) is 3.08. The van der Waals surface area contributed by atoms with Gasteiger partial charge in [0.25, 0.3) is 5.69 Å². The molecular weight excluding hydrogens is 386 g/mol. The molecule has 9 nitrogen and oxygen atoms in total. The Morgan fingerprint density at radius 3 is 2.50 bits per heavy atom. The van der Waals surface area contributed by atoms with E-state index >= 15 is 0 Å². The molecule has 2 aromatic carbocycles. The van der Waals surface area contributed by atoms with E-state index in [0.717, 1.165) is 0 Å². The maximum atomic E-state index is 12.9. The van der Waals surface area contributed by atoms with Gasteiger partial charge in [0.1, 0.15) is 5.75 Å². The number of nitrogens with zero attached hydrogens (tertiary/aromatic N) is 5. The fraction of sp³-hybridized carbons (Fsp3) is 0.0556. The van der Waals surface area contributed by atoms with Crippen LogP contribution in [-0.2, 0) is 0 Å². The lowest BCUT2D eigenvalue weighted by atomic mass is 10.2. The molecule has 140 valence electrons. The fourth-order valence-electron chi connectivity index (χ4n) is 2.82. The molecule has 0 atom stereocenters. The summed E-state index contributed by atoms with van der Waals surface area (Å²) in [7, 11) is 1.51. The van der Waals surface area contributed by atoms with Crippen LogP contribution < -0.4 is 10.3 Å². The van der Waals surface area contributed by atoms with Gasteiger partial charge in [-0.25, -0.2) is 0 Å². The second-order valence-corrected chi connectivity index (χ2v) is 6.22. The van der Waals surface area contributed by atoms with Crippen LogP contribution in [0.4, 0.5) is 5.69 Å². The van der Waals surface area contributed by atoms with Crippen molar-refractivity contribution in [2.24, 2.45) is 0 Å². The zero-order valence-electron chi connectivity index (χ0n) is 14.4. The molecule has 0 spiro atoms. The van der Waals surface area contributed by atoms with Gasteiger partial charge in [-0.05, 0) is 30.3 Å². The Morgan fingerprint density at radius 1 is 1.11 bits per heavy atom. The van der Waals surface area contributed by atoms with E-state index in [1.165, 1.54) is 28.2 Å². The van der Waals surface area contributed by atoms with Crippen LogP contribution in [0, 0.1) is 10.1 Å². The maximum Gasteiger partial charge on any atom is 0.300 e. The van der Waals surface area contributed by atoms with Gasteiger partial charge in [0, 0.05) is 30.1 Å². The summed E-state index contributed by atoms with van der Waals surface area (Å²) in [5.41, 5.74) is 0.851. The normalized spacial score (nSPS) is 10.9. The highest BCUT2D eigenvalue weighted by Gasteiger charge is 2.15. The van der Waals surface area contributed by atoms with Crippen molar-refractivity contribution >= 4 is 22.9 Å². The molecular formula is C18H12ClN5O4. The van der Waals surface area contributed by atoms with Crippen molar-refractivity contribution < 1.29 is 9.66 Å². The lowest BCUT2D eigenvalue weighted by Gasteiger charge is -2.09. The zero-order valence-corrected chi connectivity index (χ0v) is 15.2. The van der Waals surface area contributed by atoms with Gasteiger partial charge in [0.2, 0.25) is 5.65 Å². The lowest BCUT2D eigenvalue weighted by Crippen LogP contribution is -2.20. The number of nitro benzene ring substituents is 1. The summed E-state index contributed by atoms with van der Waals surface area (Å²) in [5.74, 6) is 0.907. The number of hydrogen-bond acceptors (Lipinski definition) is 6. The Kier molecular flexibility index (Phi) is 4.28. The molecule has 2 aromatic heterocycles. The quantitative estimate of drug-likeness (QED) is 0.387. The number of nitro groups is 1. The molecule has 0 aliphatic rings. The number of aromatic nitrogens is 4. The van der Waals surface area contributed by atoms with E-state index < -0.39 is 4.92 Å². The molecule has 2 heterocycles. The van der Waals surface area contributed by atoms with Crippen LogP contribution in [0.1, 0.15) is 0 Å². The van der Waals surface area contributed by atoms with Crippen molar-refractivity contribution in [3.8, 4) is 22.8 Å². The summed E-state index contributed by atoms with van der Waals surface area (Å²) in [6.07, 6.45) is 3.22. The molecule has 0 bridgehead atoms. The van der Waals surface area contributed by atoms with Gasteiger partial charge in [-0.3, -0.25) is 23.9 Å². The van der Waals surface area contributed by atoms with Gasteiger partial charge >= 0.3 is 5.56 Å². The highest BCUT2D eigenvalue weighted by atomic mass is 35.5. The van der Waals surface area contributed by atoms with Crippen LogP contribution in [0.2, 0.25) is 5.02 Å².